The summed E-state index contributed by atoms with van der Waals surface area (Å²) >= 11 is 0. The van der Waals surface area contributed by atoms with Gasteiger partial charge in [-0.2, -0.15) is 29.2 Å². The van der Waals surface area contributed by atoms with E-state index < -0.39 is 11.6 Å². The Labute approximate surface area is 355 Å². The number of hydrogen-bond donors (Lipinski definition) is 4. The molecule has 18 heteroatoms. The van der Waals surface area contributed by atoms with Gasteiger partial charge >= 0.3 is 0 Å². The van der Waals surface area contributed by atoms with Crippen molar-refractivity contribution in [3.63, 3.8) is 0 Å². The van der Waals surface area contributed by atoms with Crippen molar-refractivity contribution in [2.45, 2.75) is 90.1 Å². The number of halogens is 2. The molecule has 0 saturated heterocycles. The van der Waals surface area contributed by atoms with E-state index in [2.05, 4.69) is 88.4 Å². The van der Waals surface area contributed by atoms with E-state index in [-0.39, 0.29) is 23.9 Å². The Morgan fingerprint density at radius 1 is 0.613 bits per heavy atom. The van der Waals surface area contributed by atoms with Crippen LogP contribution in [0.1, 0.15) is 85.8 Å². The summed E-state index contributed by atoms with van der Waals surface area (Å²) in [6.45, 7) is 8.36. The highest BCUT2D eigenvalue weighted by molar-refractivity contribution is 5.64. The lowest BCUT2D eigenvalue weighted by Crippen LogP contribution is -2.29. The number of pyridine rings is 4. The molecule has 0 radical (unpaired) electrons. The van der Waals surface area contributed by atoms with Gasteiger partial charge in [0, 0.05) is 59.1 Å². The molecule has 8 heterocycles. The monoisotopic (exact) mass is 836 g/mol. The largest absolute Gasteiger partial charge is 0.383 e. The minimum atomic E-state index is -0.428. The molecule has 0 aromatic carbocycles. The van der Waals surface area contributed by atoms with E-state index in [1.807, 2.05) is 24.5 Å². The molecule has 316 valence electrons. The minimum Gasteiger partial charge on any atom is -0.383 e. The highest BCUT2D eigenvalue weighted by atomic mass is 19.1. The molecular formula is C44H46F2N16. The molecule has 0 aliphatic heterocycles. The van der Waals surface area contributed by atoms with E-state index in [0.29, 0.717) is 57.6 Å². The van der Waals surface area contributed by atoms with Gasteiger partial charge in [-0.25, -0.2) is 28.7 Å². The first kappa shape index (κ1) is 40.2. The fraction of sp³-hybridized carbons (Fsp3) is 0.318. The number of nitrogens with zero attached hydrogens (tertiary/aromatic N) is 12. The lowest BCUT2D eigenvalue weighted by molar-refractivity contribution is 0.602. The zero-order chi connectivity index (χ0) is 43.1. The first-order chi connectivity index (χ1) is 30.0. The highest BCUT2D eigenvalue weighted by Crippen LogP contribution is 2.31. The van der Waals surface area contributed by atoms with Crippen molar-refractivity contribution in [3.8, 4) is 22.8 Å². The number of fused-ring (bicyclic) bond motifs is 4. The van der Waals surface area contributed by atoms with Gasteiger partial charge in [0.15, 0.2) is 22.9 Å². The van der Waals surface area contributed by atoms with E-state index in [0.717, 1.165) is 60.8 Å². The van der Waals surface area contributed by atoms with Crippen LogP contribution >= 0.6 is 0 Å². The maximum Gasteiger partial charge on any atom is 0.228 e. The molecule has 6 N–H and O–H groups in total. The number of nitrogens with two attached hydrogens (primary N) is 2. The summed E-state index contributed by atoms with van der Waals surface area (Å²) in [6.07, 6.45) is 17.7. The van der Waals surface area contributed by atoms with Crippen LogP contribution < -0.4 is 22.1 Å². The van der Waals surface area contributed by atoms with Crippen LogP contribution in [-0.2, 0) is 25.7 Å². The van der Waals surface area contributed by atoms with E-state index in [1.165, 1.54) is 35.7 Å². The molecule has 0 fully saturated rings. The summed E-state index contributed by atoms with van der Waals surface area (Å²) in [5, 5.41) is 16.1. The molecule has 0 unspecified atom stereocenters. The predicted molar refractivity (Wildman–Crippen MR) is 232 cm³/mol. The van der Waals surface area contributed by atoms with Crippen molar-refractivity contribution < 1.29 is 8.78 Å². The fourth-order valence-electron chi connectivity index (χ4n) is 8.16. The van der Waals surface area contributed by atoms with Crippen LogP contribution in [0.2, 0.25) is 0 Å². The SMILES string of the molecule is CC(C)c1cnn2c(N[C@@H]3CCc4c(ccnc4N)C3)nc(-c3cncc(F)c3)nc12.CC(C)c1cnn2c(N[C@H]3CCc4c(ccnc4N)C3)nc(-c3cncc(F)c3)nc12. The zero-order valence-electron chi connectivity index (χ0n) is 34.8. The average molecular weight is 837 g/mol. The molecule has 2 aliphatic rings. The van der Waals surface area contributed by atoms with Crippen molar-refractivity contribution >= 4 is 34.8 Å². The summed E-state index contributed by atoms with van der Waals surface area (Å²) < 4.78 is 31.0. The minimum absolute atomic E-state index is 0.151. The number of rotatable bonds is 8. The number of nitrogens with one attached hydrogen (secondary N) is 2. The van der Waals surface area contributed by atoms with Crippen molar-refractivity contribution in [2.75, 3.05) is 22.1 Å². The lowest BCUT2D eigenvalue weighted by Gasteiger charge is -2.26. The van der Waals surface area contributed by atoms with Crippen LogP contribution in [0.15, 0.2) is 73.8 Å². The van der Waals surface area contributed by atoms with Crippen LogP contribution in [0.4, 0.5) is 32.3 Å². The van der Waals surface area contributed by atoms with E-state index in [4.69, 9.17) is 11.5 Å². The van der Waals surface area contributed by atoms with E-state index >= 15 is 0 Å². The third-order valence-corrected chi connectivity index (χ3v) is 11.4. The predicted octanol–water partition coefficient (Wildman–Crippen LogP) is 6.79. The molecule has 0 bridgehead atoms. The molecule has 0 saturated carbocycles. The second-order valence-corrected chi connectivity index (χ2v) is 16.3. The molecule has 2 atom stereocenters. The first-order valence-corrected chi connectivity index (χ1v) is 20.7. The zero-order valence-corrected chi connectivity index (χ0v) is 34.8. The average Bonchev–Trinajstić information content (AvgIpc) is 3.90. The smallest absolute Gasteiger partial charge is 0.228 e. The fourth-order valence-corrected chi connectivity index (χ4v) is 8.16. The second-order valence-electron chi connectivity index (χ2n) is 16.3. The maximum atomic E-state index is 13.8. The number of nitrogen functional groups attached to an aromatic ring is 2. The Bertz CT molecular complexity index is 2730. The molecule has 0 spiro atoms. The number of anilines is 4. The van der Waals surface area contributed by atoms with Crippen LogP contribution in [0.3, 0.4) is 0 Å². The summed E-state index contributed by atoms with van der Waals surface area (Å²) in [5.41, 5.74) is 21.2. The van der Waals surface area contributed by atoms with Gasteiger partial charge in [-0.15, -0.1) is 0 Å². The molecule has 2 aliphatic carbocycles. The van der Waals surface area contributed by atoms with Gasteiger partial charge in [0.1, 0.15) is 23.3 Å². The van der Waals surface area contributed by atoms with Gasteiger partial charge < -0.3 is 22.1 Å². The Balaban J connectivity index is 0.000000158. The topological polar surface area (TPSA) is 214 Å². The van der Waals surface area contributed by atoms with Crippen molar-refractivity contribution in [2.24, 2.45) is 0 Å². The molecule has 8 aromatic rings. The van der Waals surface area contributed by atoms with Crippen LogP contribution in [-0.4, -0.2) is 71.2 Å². The Kier molecular flexibility index (Phi) is 10.8. The number of hydrogen-bond acceptors (Lipinski definition) is 14. The number of aromatic nitrogens is 12. The standard InChI is InChI=1S/2C22H23FN8/c2*1-12(2)18-11-27-31-21(18)29-20(14-7-15(23)10-25-9-14)30-22(31)28-16-3-4-17-13(8-16)5-6-26-19(17)24/h2*5-7,9-12,16H,3-4,8H2,1-2H3,(H2,24,26)(H,28,29,30)/t2*16-/m10/s1. The lowest BCUT2D eigenvalue weighted by atomic mass is 9.89. The summed E-state index contributed by atoms with van der Waals surface area (Å²) in [6, 6.07) is 7.12. The van der Waals surface area contributed by atoms with Gasteiger partial charge in [-0.1, -0.05) is 27.7 Å². The molecule has 0 amide bonds. The van der Waals surface area contributed by atoms with Gasteiger partial charge in [0.25, 0.3) is 0 Å². The molecule has 10 rings (SSSR count). The van der Waals surface area contributed by atoms with Crippen LogP contribution in [0, 0.1) is 11.6 Å². The molecule has 62 heavy (non-hydrogen) atoms. The molecule has 16 nitrogen and oxygen atoms in total. The van der Waals surface area contributed by atoms with E-state index in [9.17, 15) is 8.78 Å². The summed E-state index contributed by atoms with van der Waals surface area (Å²) in [5.74, 6) is 2.80. The molecule has 8 aromatic heterocycles. The Morgan fingerprint density at radius 3 is 1.45 bits per heavy atom. The summed E-state index contributed by atoms with van der Waals surface area (Å²) in [7, 11) is 0. The quantitative estimate of drug-likeness (QED) is 0.124. The van der Waals surface area contributed by atoms with Gasteiger partial charge in [-0.05, 0) is 96.9 Å². The third kappa shape index (κ3) is 8.02. The third-order valence-electron chi connectivity index (χ3n) is 11.4. The van der Waals surface area contributed by atoms with Gasteiger partial charge in [0.05, 0.1) is 24.8 Å². The highest BCUT2D eigenvalue weighted by Gasteiger charge is 2.26. The van der Waals surface area contributed by atoms with Gasteiger partial charge in [-0.3, -0.25) is 9.97 Å². The van der Waals surface area contributed by atoms with Gasteiger partial charge in [0.2, 0.25) is 11.9 Å². The summed E-state index contributed by atoms with van der Waals surface area (Å²) in [4.78, 5) is 35.0. The Hall–Kier alpha value is -7.24. The van der Waals surface area contributed by atoms with Crippen LogP contribution in [0.25, 0.3) is 34.1 Å². The van der Waals surface area contributed by atoms with Crippen LogP contribution in [0.5, 0.6) is 0 Å². The first-order valence-electron chi connectivity index (χ1n) is 20.7. The molecular weight excluding hydrogens is 791 g/mol. The second kappa shape index (κ2) is 16.7. The Morgan fingerprint density at radius 2 is 1.05 bits per heavy atom. The van der Waals surface area contributed by atoms with Crippen molar-refractivity contribution in [1.82, 2.24) is 59.1 Å². The van der Waals surface area contributed by atoms with E-state index in [1.54, 1.807) is 33.8 Å². The van der Waals surface area contributed by atoms with Crippen molar-refractivity contribution in [3.05, 3.63) is 119 Å². The maximum absolute atomic E-state index is 13.8. The van der Waals surface area contributed by atoms with Crippen molar-refractivity contribution in [1.29, 1.82) is 0 Å². The normalized spacial score (nSPS) is 15.9.